The van der Waals surface area contributed by atoms with E-state index in [2.05, 4.69) is 0 Å². The molecule has 2 aliphatic rings. The first-order valence-electron chi connectivity index (χ1n) is 8.72. The number of phenolic OH excluding ortho intramolecular Hbond substituents is 2. The van der Waals surface area contributed by atoms with E-state index >= 15 is 0 Å². The Kier molecular flexibility index (Phi) is 4.85. The van der Waals surface area contributed by atoms with Crippen LogP contribution < -0.4 is 0 Å². The van der Waals surface area contributed by atoms with E-state index < -0.39 is 28.9 Å². The van der Waals surface area contributed by atoms with Crippen LogP contribution in [0, 0.1) is 6.92 Å². The number of carbonyl (C=O) groups excluding carboxylic acids is 3. The molecule has 2 N–H and O–H groups in total. The van der Waals surface area contributed by atoms with Gasteiger partial charge in [-0.3, -0.25) is 9.59 Å². The molecule has 1 aromatic carbocycles. The van der Waals surface area contributed by atoms with E-state index in [0.717, 1.165) is 6.07 Å². The zero-order valence-corrected chi connectivity index (χ0v) is 15.7. The van der Waals surface area contributed by atoms with Crippen molar-refractivity contribution >= 4 is 17.5 Å². The SMILES string of the molecule is C/C=C/C1CC2=CC(=O)[C@](C)(OC(=O)c3c(C)cc(O)cc3O)C(=O)C2=CO1. The molecule has 0 spiro atoms. The fraction of sp³-hybridized carbons (Fsp3) is 0.286. The topological polar surface area (TPSA) is 110 Å². The lowest BCUT2D eigenvalue weighted by atomic mass is 9.78. The van der Waals surface area contributed by atoms with Gasteiger partial charge in [-0.25, -0.2) is 4.79 Å². The van der Waals surface area contributed by atoms with Gasteiger partial charge in [0.2, 0.25) is 17.2 Å². The minimum atomic E-state index is -2.07. The van der Waals surface area contributed by atoms with Crippen LogP contribution in [0.25, 0.3) is 0 Å². The van der Waals surface area contributed by atoms with Crippen molar-refractivity contribution in [3.8, 4) is 11.5 Å². The molecule has 3 rings (SSSR count). The summed E-state index contributed by atoms with van der Waals surface area (Å²) in [5.41, 5.74) is -1.34. The van der Waals surface area contributed by atoms with Crippen molar-refractivity contribution in [2.75, 3.05) is 0 Å². The molecule has 0 saturated carbocycles. The molecule has 1 aliphatic carbocycles. The van der Waals surface area contributed by atoms with Crippen molar-refractivity contribution in [1.29, 1.82) is 0 Å². The summed E-state index contributed by atoms with van der Waals surface area (Å²) >= 11 is 0. The monoisotopic (exact) mass is 384 g/mol. The summed E-state index contributed by atoms with van der Waals surface area (Å²) in [6, 6.07) is 2.24. The maximum atomic E-state index is 12.9. The first-order valence-corrected chi connectivity index (χ1v) is 8.72. The average molecular weight is 384 g/mol. The Balaban J connectivity index is 1.93. The molecule has 0 aromatic heterocycles. The summed E-state index contributed by atoms with van der Waals surface area (Å²) < 4.78 is 10.8. The van der Waals surface area contributed by atoms with E-state index in [1.54, 1.807) is 0 Å². The zero-order chi connectivity index (χ0) is 20.6. The highest BCUT2D eigenvalue weighted by Crippen LogP contribution is 2.36. The quantitative estimate of drug-likeness (QED) is 0.468. The molecule has 1 aliphatic heterocycles. The second-order valence-electron chi connectivity index (χ2n) is 6.88. The number of hydrogen-bond donors (Lipinski definition) is 2. The third-order valence-corrected chi connectivity index (χ3v) is 4.79. The highest BCUT2D eigenvalue weighted by Gasteiger charge is 2.50. The number of aryl methyl sites for hydroxylation is 1. The van der Waals surface area contributed by atoms with Crippen molar-refractivity contribution in [2.45, 2.75) is 38.9 Å². The van der Waals surface area contributed by atoms with Crippen LogP contribution >= 0.6 is 0 Å². The van der Waals surface area contributed by atoms with E-state index in [1.165, 1.54) is 32.3 Å². The van der Waals surface area contributed by atoms with Gasteiger partial charge in [0.05, 0.1) is 11.8 Å². The standard InChI is InChI=1S/C21H20O7/c1-4-5-14-7-12-8-17(24)21(3,19(25)15(12)10-27-14)28-20(26)18-11(2)6-13(22)9-16(18)23/h4-6,8-10,14,22-23H,7H2,1-3H3/b5-4+/t14?,21-/m0/s1. The Labute approximate surface area is 161 Å². The number of Topliss-reactive ketones (excluding diaryl/α,β-unsaturated/α-hetero) is 1. The molecule has 0 radical (unpaired) electrons. The molecule has 0 amide bonds. The van der Waals surface area contributed by atoms with Gasteiger partial charge in [0.15, 0.2) is 0 Å². The maximum Gasteiger partial charge on any atom is 0.343 e. The van der Waals surface area contributed by atoms with Crippen LogP contribution in [0.15, 0.2) is 47.8 Å². The normalized spacial score (nSPS) is 24.3. The van der Waals surface area contributed by atoms with E-state index in [-0.39, 0.29) is 28.6 Å². The van der Waals surface area contributed by atoms with Gasteiger partial charge in [0.25, 0.3) is 0 Å². The van der Waals surface area contributed by atoms with Gasteiger partial charge in [-0.05, 0) is 50.1 Å². The molecular weight excluding hydrogens is 364 g/mol. The van der Waals surface area contributed by atoms with E-state index in [9.17, 15) is 24.6 Å². The molecule has 1 unspecified atom stereocenters. The van der Waals surface area contributed by atoms with Crippen LogP contribution in [0.3, 0.4) is 0 Å². The fourth-order valence-corrected chi connectivity index (χ4v) is 3.28. The Bertz CT molecular complexity index is 944. The fourth-order valence-electron chi connectivity index (χ4n) is 3.28. The second kappa shape index (κ2) is 6.99. The summed E-state index contributed by atoms with van der Waals surface area (Å²) in [6.07, 6.45) is 6.29. The largest absolute Gasteiger partial charge is 0.508 e. The molecule has 0 fully saturated rings. The van der Waals surface area contributed by atoms with E-state index in [0.29, 0.717) is 12.0 Å². The zero-order valence-electron chi connectivity index (χ0n) is 15.7. The molecule has 1 aromatic rings. The van der Waals surface area contributed by atoms with Crippen LogP contribution in [-0.4, -0.2) is 39.5 Å². The Morgan fingerprint density at radius 1 is 1.32 bits per heavy atom. The van der Waals surface area contributed by atoms with Gasteiger partial charge in [-0.15, -0.1) is 0 Å². The van der Waals surface area contributed by atoms with Crippen LogP contribution in [-0.2, 0) is 19.1 Å². The molecule has 146 valence electrons. The number of ketones is 2. The molecule has 0 saturated heterocycles. The van der Waals surface area contributed by atoms with Gasteiger partial charge >= 0.3 is 5.97 Å². The molecule has 28 heavy (non-hydrogen) atoms. The number of ether oxygens (including phenoxy) is 2. The third kappa shape index (κ3) is 3.19. The minimum Gasteiger partial charge on any atom is -0.508 e. The predicted octanol–water partition coefficient (Wildman–Crippen LogP) is 2.65. The van der Waals surface area contributed by atoms with Crippen molar-refractivity contribution < 1.29 is 34.1 Å². The molecule has 7 nitrogen and oxygen atoms in total. The first kappa shape index (κ1) is 19.4. The number of fused-ring (bicyclic) bond motifs is 1. The first-order chi connectivity index (χ1) is 13.2. The van der Waals surface area contributed by atoms with Crippen molar-refractivity contribution in [3.05, 3.63) is 58.9 Å². The minimum absolute atomic E-state index is 0.183. The smallest absolute Gasteiger partial charge is 0.343 e. The highest BCUT2D eigenvalue weighted by molar-refractivity contribution is 6.26. The van der Waals surface area contributed by atoms with E-state index in [4.69, 9.17) is 9.47 Å². The van der Waals surface area contributed by atoms with Crippen molar-refractivity contribution in [3.63, 3.8) is 0 Å². The number of esters is 1. The third-order valence-electron chi connectivity index (χ3n) is 4.79. The van der Waals surface area contributed by atoms with Crippen molar-refractivity contribution in [2.24, 2.45) is 0 Å². The lowest BCUT2D eigenvalue weighted by Crippen LogP contribution is -2.51. The maximum absolute atomic E-state index is 12.9. The van der Waals surface area contributed by atoms with Gasteiger partial charge < -0.3 is 19.7 Å². The van der Waals surface area contributed by atoms with Gasteiger partial charge in [0, 0.05) is 12.5 Å². The van der Waals surface area contributed by atoms with Crippen molar-refractivity contribution in [1.82, 2.24) is 0 Å². The molecule has 7 heteroatoms. The number of aromatic hydroxyl groups is 2. The average Bonchev–Trinajstić information content (AvgIpc) is 2.59. The highest BCUT2D eigenvalue weighted by atomic mass is 16.6. The molecule has 2 atom stereocenters. The summed E-state index contributed by atoms with van der Waals surface area (Å²) in [5.74, 6) is -3.11. The summed E-state index contributed by atoms with van der Waals surface area (Å²) in [5, 5.41) is 19.5. The lowest BCUT2D eigenvalue weighted by Gasteiger charge is -2.33. The second-order valence-corrected chi connectivity index (χ2v) is 6.88. The van der Waals surface area contributed by atoms with Gasteiger partial charge in [-0.1, -0.05) is 6.08 Å². The van der Waals surface area contributed by atoms with E-state index in [1.807, 2.05) is 19.1 Å². The van der Waals surface area contributed by atoms with Gasteiger partial charge in [-0.2, -0.15) is 0 Å². The van der Waals surface area contributed by atoms with Crippen LogP contribution in [0.2, 0.25) is 0 Å². The number of hydrogen-bond acceptors (Lipinski definition) is 7. The molecule has 0 bridgehead atoms. The Hall–Kier alpha value is -3.35. The summed E-state index contributed by atoms with van der Waals surface area (Å²) in [7, 11) is 0. The molecule has 1 heterocycles. The number of allylic oxidation sites excluding steroid dienone is 1. The summed E-state index contributed by atoms with van der Waals surface area (Å²) in [6.45, 7) is 4.54. The van der Waals surface area contributed by atoms with Crippen LogP contribution in [0.1, 0.15) is 36.2 Å². The lowest BCUT2D eigenvalue weighted by molar-refractivity contribution is -0.145. The van der Waals surface area contributed by atoms with Gasteiger partial charge in [0.1, 0.15) is 23.2 Å². The Morgan fingerprint density at radius 3 is 2.68 bits per heavy atom. The number of benzene rings is 1. The number of phenols is 2. The number of rotatable bonds is 3. The Morgan fingerprint density at radius 2 is 2.04 bits per heavy atom. The van der Waals surface area contributed by atoms with Crippen LogP contribution in [0.5, 0.6) is 11.5 Å². The molecular formula is C21H20O7. The van der Waals surface area contributed by atoms with Crippen LogP contribution in [0.4, 0.5) is 0 Å². The summed E-state index contributed by atoms with van der Waals surface area (Å²) in [4.78, 5) is 38.2. The number of carbonyl (C=O) groups is 3. The predicted molar refractivity (Wildman–Crippen MR) is 98.8 cm³/mol.